The molecule has 2 rings (SSSR count). The van der Waals surface area contributed by atoms with Gasteiger partial charge in [-0.25, -0.2) is 0 Å². The van der Waals surface area contributed by atoms with Gasteiger partial charge in [0.25, 0.3) is 0 Å². The fourth-order valence-corrected chi connectivity index (χ4v) is 2.86. The Balaban J connectivity index is 0. The largest absolute Gasteiger partial charge is 0.261 e. The minimum absolute atomic E-state index is 0.307. The molecule has 3 radical (unpaired) electrons. The molecule has 0 aromatic carbocycles. The van der Waals surface area contributed by atoms with Crippen LogP contribution in [0.1, 0.15) is 112 Å². The van der Waals surface area contributed by atoms with Gasteiger partial charge in [-0.05, 0) is 18.1 Å². The van der Waals surface area contributed by atoms with Crippen LogP contribution in [0.4, 0.5) is 0 Å². The molecule has 0 spiro atoms. The third-order valence-corrected chi connectivity index (χ3v) is 5.95. The van der Waals surface area contributed by atoms with Gasteiger partial charge in [0.05, 0.1) is 0 Å². The molecule has 0 aliphatic carbocycles. The van der Waals surface area contributed by atoms with Gasteiger partial charge in [0.2, 0.25) is 0 Å². The molecule has 2 unspecified atom stereocenters. The number of nitrogens with zero attached hydrogens (tertiary/aromatic N) is 2. The van der Waals surface area contributed by atoms with Crippen molar-refractivity contribution in [1.29, 1.82) is 0 Å². The Morgan fingerprint density at radius 3 is 1.57 bits per heavy atom. The van der Waals surface area contributed by atoms with E-state index < -0.39 is 0 Å². The standard InChI is InChI=1S/C13H20N.C10H15N.2C2H6.Sn/c1-9(2)11(5)13-8-12(10(3)4)6-7-14-13;1-8(2)9(3)10-6-4-5-7-11-10;2*1-2;/h6-9,11H,1-5H3;4-9H,1-3H3;2*1-2H3;. The van der Waals surface area contributed by atoms with Gasteiger partial charge in [-0.15, -0.1) is 0 Å². The number of pyridine rings is 2. The van der Waals surface area contributed by atoms with Crippen LogP contribution in [0, 0.1) is 11.8 Å². The van der Waals surface area contributed by atoms with Gasteiger partial charge in [-0.1, -0.05) is 54.5 Å². The van der Waals surface area contributed by atoms with E-state index in [9.17, 15) is 0 Å². The van der Waals surface area contributed by atoms with Gasteiger partial charge in [0.15, 0.2) is 0 Å². The second-order valence-electron chi connectivity index (χ2n) is 8.41. The topological polar surface area (TPSA) is 25.8 Å². The first-order chi connectivity index (χ1) is 14.0. The van der Waals surface area contributed by atoms with Crippen LogP contribution in [0.2, 0.25) is 0 Å². The van der Waals surface area contributed by atoms with Crippen LogP contribution in [0.15, 0.2) is 42.7 Å². The Morgan fingerprint density at radius 1 is 0.700 bits per heavy atom. The van der Waals surface area contributed by atoms with Crippen LogP contribution in [0.5, 0.6) is 0 Å². The van der Waals surface area contributed by atoms with Crippen molar-refractivity contribution in [2.24, 2.45) is 11.8 Å². The zero-order chi connectivity index (χ0) is 23.9. The molecule has 0 N–H and O–H groups in total. The summed E-state index contributed by atoms with van der Waals surface area (Å²) in [5.41, 5.74) is 3.85. The molecule has 0 aliphatic heterocycles. The summed E-state index contributed by atoms with van der Waals surface area (Å²) in [4.78, 5) is 8.78. The van der Waals surface area contributed by atoms with E-state index in [1.165, 1.54) is 17.0 Å². The van der Waals surface area contributed by atoms with E-state index in [0.717, 1.165) is 0 Å². The fraction of sp³-hybridized carbons (Fsp3) is 0.630. The third-order valence-electron chi connectivity index (χ3n) is 5.12. The summed E-state index contributed by atoms with van der Waals surface area (Å²) in [6.07, 6.45) is 3.81. The van der Waals surface area contributed by atoms with Gasteiger partial charge in [-0.2, -0.15) is 0 Å². The van der Waals surface area contributed by atoms with Crippen molar-refractivity contribution >= 4 is 22.5 Å². The maximum atomic E-state index is 4.48. The molecule has 0 bridgehead atoms. The van der Waals surface area contributed by atoms with E-state index >= 15 is 0 Å². The fourth-order valence-electron chi connectivity index (χ4n) is 2.41. The van der Waals surface area contributed by atoms with Gasteiger partial charge >= 0.3 is 107 Å². The quantitative estimate of drug-likeness (QED) is 0.374. The molecule has 3 heteroatoms. The Labute approximate surface area is 201 Å². The molecule has 169 valence electrons. The van der Waals surface area contributed by atoms with Crippen molar-refractivity contribution in [3.8, 4) is 0 Å². The van der Waals surface area contributed by atoms with E-state index in [2.05, 4.69) is 83.6 Å². The Hall–Kier alpha value is -0.901. The molecule has 30 heavy (non-hydrogen) atoms. The van der Waals surface area contributed by atoms with Crippen molar-refractivity contribution in [3.63, 3.8) is 0 Å². The van der Waals surface area contributed by atoms with E-state index in [4.69, 9.17) is 0 Å². The van der Waals surface area contributed by atoms with E-state index in [0.29, 0.717) is 27.1 Å². The SMILES string of the molecule is CC.CC.CC(C)C(C)c1cc([C](C)(C)[Sn])ccn1.CC(C)C(C)c1ccccn1. The van der Waals surface area contributed by atoms with E-state index in [1.54, 1.807) is 22.5 Å². The van der Waals surface area contributed by atoms with E-state index in [-0.39, 0.29) is 0 Å². The molecule has 2 aromatic heterocycles. The van der Waals surface area contributed by atoms with Crippen molar-refractivity contribution in [2.75, 3.05) is 0 Å². The summed E-state index contributed by atoms with van der Waals surface area (Å²) in [6, 6.07) is 10.5. The molecule has 0 saturated heterocycles. The summed E-state index contributed by atoms with van der Waals surface area (Å²) in [5.74, 6) is 2.44. The molecule has 0 aliphatic rings. The van der Waals surface area contributed by atoms with Gasteiger partial charge in [-0.3, -0.25) is 4.98 Å². The van der Waals surface area contributed by atoms with Crippen LogP contribution in [0.3, 0.4) is 0 Å². The zero-order valence-corrected chi connectivity index (χ0v) is 24.6. The van der Waals surface area contributed by atoms with Crippen LogP contribution in [0.25, 0.3) is 0 Å². The van der Waals surface area contributed by atoms with E-state index in [1.807, 2.05) is 52.2 Å². The molecule has 0 fully saturated rings. The smallest absolute Gasteiger partial charge is 0.0434 e. The minimum Gasteiger partial charge on any atom is -0.261 e. The van der Waals surface area contributed by atoms with Crippen LogP contribution in [-0.2, 0) is 3.43 Å². The number of hydrogen-bond donors (Lipinski definition) is 0. The number of hydrogen-bond acceptors (Lipinski definition) is 2. The maximum absolute atomic E-state index is 4.48. The van der Waals surface area contributed by atoms with Crippen molar-refractivity contribution < 1.29 is 0 Å². The number of rotatable bonds is 5. The molecule has 2 nitrogen and oxygen atoms in total. The Morgan fingerprint density at radius 2 is 1.17 bits per heavy atom. The molecule has 0 saturated carbocycles. The average Bonchev–Trinajstić information content (AvgIpc) is 2.76. The summed E-state index contributed by atoms with van der Waals surface area (Å²) in [6.45, 7) is 26.0. The summed E-state index contributed by atoms with van der Waals surface area (Å²) < 4.78 is 0.307. The first kappa shape index (κ1) is 31.3. The second-order valence-corrected chi connectivity index (χ2v) is 12.0. The second kappa shape index (κ2) is 16.7. The molecular weight excluding hydrogens is 471 g/mol. The van der Waals surface area contributed by atoms with Crippen molar-refractivity contribution in [2.45, 2.75) is 98.4 Å². The number of aromatic nitrogens is 2. The predicted octanol–water partition coefficient (Wildman–Crippen LogP) is 8.14. The van der Waals surface area contributed by atoms with Crippen molar-refractivity contribution in [3.05, 3.63) is 59.7 Å². The zero-order valence-electron chi connectivity index (χ0n) is 21.7. The Bertz CT molecular complexity index is 645. The van der Waals surface area contributed by atoms with Gasteiger partial charge < -0.3 is 0 Å². The molecule has 2 aromatic rings. The normalized spacial score (nSPS) is 12.5. The van der Waals surface area contributed by atoms with Crippen LogP contribution < -0.4 is 0 Å². The molecule has 2 heterocycles. The molecule has 2 atom stereocenters. The average molecular weight is 518 g/mol. The van der Waals surface area contributed by atoms with Crippen LogP contribution in [-0.4, -0.2) is 32.5 Å². The summed E-state index contributed by atoms with van der Waals surface area (Å²) >= 11 is 1.55. The monoisotopic (exact) mass is 519 g/mol. The van der Waals surface area contributed by atoms with Gasteiger partial charge in [0.1, 0.15) is 0 Å². The predicted molar refractivity (Wildman–Crippen MR) is 136 cm³/mol. The first-order valence-corrected chi connectivity index (χ1v) is 13.1. The molecular formula is C27H47N2Sn. The van der Waals surface area contributed by atoms with Gasteiger partial charge in [0, 0.05) is 17.8 Å². The summed E-state index contributed by atoms with van der Waals surface area (Å²) in [7, 11) is 0. The third kappa shape index (κ3) is 12.1. The minimum atomic E-state index is 0.307. The first-order valence-electron chi connectivity index (χ1n) is 11.7. The summed E-state index contributed by atoms with van der Waals surface area (Å²) in [5, 5.41) is 0. The van der Waals surface area contributed by atoms with Crippen LogP contribution >= 0.6 is 0 Å². The maximum Gasteiger partial charge on any atom is 0.0434 e. The Kier molecular flexibility index (Phi) is 17.5. The van der Waals surface area contributed by atoms with Crippen molar-refractivity contribution in [1.82, 2.24) is 9.97 Å². The molecule has 0 amide bonds.